The van der Waals surface area contributed by atoms with Crippen LogP contribution in [-0.4, -0.2) is 21.1 Å². The van der Waals surface area contributed by atoms with Crippen LogP contribution in [0.3, 0.4) is 0 Å². The molecular formula is C24H19BrCl2N4OS. The molecule has 0 aliphatic heterocycles. The zero-order valence-electron chi connectivity index (χ0n) is 17.6. The molecule has 1 aromatic heterocycles. The number of nitrogens with zero attached hydrogens (tertiary/aromatic N) is 4. The molecule has 0 saturated heterocycles. The van der Waals surface area contributed by atoms with Gasteiger partial charge in [-0.05, 0) is 72.1 Å². The van der Waals surface area contributed by atoms with E-state index in [1.807, 2.05) is 67.6 Å². The number of aromatic nitrogens is 3. The number of thioether (sulfide) groups is 1. The van der Waals surface area contributed by atoms with E-state index in [-0.39, 0.29) is 0 Å². The van der Waals surface area contributed by atoms with Crippen molar-refractivity contribution in [1.29, 1.82) is 0 Å². The van der Waals surface area contributed by atoms with Crippen molar-refractivity contribution < 1.29 is 4.74 Å². The monoisotopic (exact) mass is 560 g/mol. The average molecular weight is 562 g/mol. The Morgan fingerprint density at radius 3 is 2.52 bits per heavy atom. The Bertz CT molecular complexity index is 1260. The van der Waals surface area contributed by atoms with Gasteiger partial charge in [0.2, 0.25) is 5.16 Å². The maximum absolute atomic E-state index is 6.28. The lowest BCUT2D eigenvalue weighted by Gasteiger charge is -2.07. The van der Waals surface area contributed by atoms with E-state index in [9.17, 15) is 0 Å². The van der Waals surface area contributed by atoms with Gasteiger partial charge in [0.15, 0.2) is 5.82 Å². The number of ether oxygens (including phenoxy) is 1. The third kappa shape index (κ3) is 6.60. The lowest BCUT2D eigenvalue weighted by Crippen LogP contribution is -1.97. The molecular weight excluding hydrogens is 543 g/mol. The molecule has 9 heteroatoms. The molecule has 0 radical (unpaired) electrons. The average Bonchev–Trinajstić information content (AvgIpc) is 3.16. The second kappa shape index (κ2) is 11.2. The van der Waals surface area contributed by atoms with Gasteiger partial charge in [0, 0.05) is 20.3 Å². The molecule has 0 aliphatic carbocycles. The fraction of sp³-hybridized carbons (Fsp3) is 0.125. The number of aryl methyl sites for hydroxylation is 1. The van der Waals surface area contributed by atoms with E-state index in [2.05, 4.69) is 31.2 Å². The Morgan fingerprint density at radius 1 is 1.03 bits per heavy atom. The van der Waals surface area contributed by atoms with Crippen molar-refractivity contribution in [1.82, 2.24) is 14.9 Å². The van der Waals surface area contributed by atoms with Crippen LogP contribution in [0, 0.1) is 6.92 Å². The highest BCUT2D eigenvalue weighted by molar-refractivity contribution is 9.10. The molecule has 0 aliphatic rings. The normalized spacial score (nSPS) is 11.3. The molecule has 0 saturated carbocycles. The van der Waals surface area contributed by atoms with Crippen LogP contribution >= 0.6 is 50.9 Å². The molecule has 0 spiro atoms. The standard InChI is InChI=1S/C24H19BrCl2N4OS/c1-16-29-30-24(33-15-19-6-9-21(26)12-23(19)27)31(16)28-13-17-4-10-22(11-5-17)32-14-18-2-7-20(25)8-3-18/h2-13H,14-15H2,1H3/b28-13+. The summed E-state index contributed by atoms with van der Waals surface area (Å²) in [5.74, 6) is 2.13. The smallest absolute Gasteiger partial charge is 0.212 e. The second-order valence-electron chi connectivity index (χ2n) is 7.09. The number of hydrogen-bond acceptors (Lipinski definition) is 5. The van der Waals surface area contributed by atoms with E-state index in [1.165, 1.54) is 11.8 Å². The van der Waals surface area contributed by atoms with Gasteiger partial charge in [-0.25, -0.2) is 0 Å². The zero-order chi connectivity index (χ0) is 23.2. The van der Waals surface area contributed by atoms with Crippen LogP contribution < -0.4 is 4.74 Å². The fourth-order valence-corrected chi connectivity index (χ4v) is 4.62. The van der Waals surface area contributed by atoms with Crippen molar-refractivity contribution >= 4 is 57.1 Å². The minimum atomic E-state index is 0.513. The van der Waals surface area contributed by atoms with Gasteiger partial charge in [-0.3, -0.25) is 0 Å². The van der Waals surface area contributed by atoms with Crippen LogP contribution in [0.2, 0.25) is 10.0 Å². The van der Waals surface area contributed by atoms with Crippen LogP contribution in [0.4, 0.5) is 0 Å². The van der Waals surface area contributed by atoms with Gasteiger partial charge >= 0.3 is 0 Å². The van der Waals surface area contributed by atoms with Crippen LogP contribution in [-0.2, 0) is 12.4 Å². The van der Waals surface area contributed by atoms with E-state index in [0.29, 0.717) is 33.4 Å². The number of halogens is 3. The topological polar surface area (TPSA) is 52.3 Å². The summed E-state index contributed by atoms with van der Waals surface area (Å²) in [5.41, 5.74) is 3.02. The lowest BCUT2D eigenvalue weighted by molar-refractivity contribution is 0.306. The first-order chi connectivity index (χ1) is 16.0. The highest BCUT2D eigenvalue weighted by atomic mass is 79.9. The van der Waals surface area contributed by atoms with Gasteiger partial charge in [0.05, 0.1) is 6.21 Å². The largest absolute Gasteiger partial charge is 0.489 e. The zero-order valence-corrected chi connectivity index (χ0v) is 21.5. The highest BCUT2D eigenvalue weighted by Crippen LogP contribution is 2.28. The van der Waals surface area contributed by atoms with E-state index in [1.54, 1.807) is 17.0 Å². The molecule has 0 atom stereocenters. The molecule has 168 valence electrons. The quantitative estimate of drug-likeness (QED) is 0.166. The Morgan fingerprint density at radius 2 is 1.79 bits per heavy atom. The molecule has 5 nitrogen and oxygen atoms in total. The maximum Gasteiger partial charge on any atom is 0.212 e. The lowest BCUT2D eigenvalue weighted by atomic mass is 10.2. The highest BCUT2D eigenvalue weighted by Gasteiger charge is 2.10. The SMILES string of the molecule is Cc1nnc(SCc2ccc(Cl)cc2Cl)n1/N=C/c1ccc(OCc2ccc(Br)cc2)cc1. The van der Waals surface area contributed by atoms with Gasteiger partial charge in [-0.1, -0.05) is 69.1 Å². The summed E-state index contributed by atoms with van der Waals surface area (Å²) in [7, 11) is 0. The van der Waals surface area contributed by atoms with E-state index < -0.39 is 0 Å². The minimum absolute atomic E-state index is 0.513. The van der Waals surface area contributed by atoms with Crippen molar-refractivity contribution in [2.45, 2.75) is 24.4 Å². The second-order valence-corrected chi connectivity index (χ2v) is 9.80. The van der Waals surface area contributed by atoms with E-state index in [4.69, 9.17) is 27.9 Å². The van der Waals surface area contributed by atoms with E-state index >= 15 is 0 Å². The van der Waals surface area contributed by atoms with Gasteiger partial charge in [0.1, 0.15) is 12.4 Å². The summed E-state index contributed by atoms with van der Waals surface area (Å²) in [6.07, 6.45) is 1.77. The molecule has 0 N–H and O–H groups in total. The van der Waals surface area contributed by atoms with Crippen LogP contribution in [0.25, 0.3) is 0 Å². The Hall–Kier alpha value is -2.32. The predicted molar refractivity (Wildman–Crippen MR) is 139 cm³/mol. The van der Waals surface area contributed by atoms with Crippen molar-refractivity contribution in [3.8, 4) is 5.75 Å². The van der Waals surface area contributed by atoms with Crippen molar-refractivity contribution in [3.63, 3.8) is 0 Å². The van der Waals surface area contributed by atoms with Gasteiger partial charge in [-0.2, -0.15) is 9.78 Å². The fourth-order valence-electron chi connectivity index (χ4n) is 2.86. The summed E-state index contributed by atoms with van der Waals surface area (Å²) in [6, 6.07) is 21.3. The summed E-state index contributed by atoms with van der Waals surface area (Å²) in [4.78, 5) is 0. The third-order valence-electron chi connectivity index (χ3n) is 4.66. The molecule has 0 unspecified atom stereocenters. The molecule has 1 heterocycles. The van der Waals surface area contributed by atoms with Crippen molar-refractivity contribution in [2.24, 2.45) is 5.10 Å². The summed E-state index contributed by atoms with van der Waals surface area (Å²) in [6.45, 7) is 2.38. The number of hydrogen-bond donors (Lipinski definition) is 0. The molecule has 0 amide bonds. The third-order valence-corrected chi connectivity index (χ3v) is 6.74. The van der Waals surface area contributed by atoms with Gasteiger partial charge in [-0.15, -0.1) is 10.2 Å². The first kappa shape index (κ1) is 23.8. The first-order valence-electron chi connectivity index (χ1n) is 9.98. The summed E-state index contributed by atoms with van der Waals surface area (Å²) in [5, 5.41) is 14.9. The van der Waals surface area contributed by atoms with Gasteiger partial charge < -0.3 is 4.74 Å². The van der Waals surface area contributed by atoms with Crippen LogP contribution in [0.5, 0.6) is 5.75 Å². The first-order valence-corrected chi connectivity index (χ1v) is 12.5. The van der Waals surface area contributed by atoms with Gasteiger partial charge in [0.25, 0.3) is 0 Å². The number of rotatable bonds is 8. The Kier molecular flexibility index (Phi) is 8.09. The molecule has 33 heavy (non-hydrogen) atoms. The van der Waals surface area contributed by atoms with Crippen molar-refractivity contribution in [3.05, 3.63) is 104 Å². The van der Waals surface area contributed by atoms with Crippen molar-refractivity contribution in [2.75, 3.05) is 0 Å². The summed E-state index contributed by atoms with van der Waals surface area (Å²) < 4.78 is 8.62. The number of benzene rings is 3. The predicted octanol–water partition coefficient (Wildman–Crippen LogP) is 7.41. The van der Waals surface area contributed by atoms with Crippen LogP contribution in [0.1, 0.15) is 22.5 Å². The molecule has 0 fully saturated rings. The molecule has 3 aromatic carbocycles. The summed E-state index contributed by atoms with van der Waals surface area (Å²) >= 11 is 17.2. The maximum atomic E-state index is 6.28. The molecule has 4 aromatic rings. The molecule has 0 bridgehead atoms. The Labute approximate surface area is 214 Å². The minimum Gasteiger partial charge on any atom is -0.489 e. The van der Waals surface area contributed by atoms with Crippen LogP contribution in [0.15, 0.2) is 81.5 Å². The Balaban J connectivity index is 1.38. The van der Waals surface area contributed by atoms with E-state index in [0.717, 1.165) is 26.9 Å². The molecule has 4 rings (SSSR count).